The highest BCUT2D eigenvalue weighted by Gasteiger charge is 2.68. The number of halogens is 4. The molecule has 0 radical (unpaired) electrons. The topological polar surface area (TPSA) is 91.7 Å². The second-order valence-electron chi connectivity index (χ2n) is 5.61. The van der Waals surface area contributed by atoms with Crippen LogP contribution in [0.25, 0.3) is 0 Å². The SMILES string of the molecule is O=C(N[C@]1(C(F)(F)F)NC(=O)N(Cc2ccco2)C1=O)c1ccc(Cl)cc1. The lowest BCUT2D eigenvalue weighted by atomic mass is 10.1. The zero-order chi connectivity index (χ0) is 19.8. The first kappa shape index (κ1) is 18.8. The molecule has 142 valence electrons. The van der Waals surface area contributed by atoms with Crippen LogP contribution in [0.4, 0.5) is 18.0 Å². The van der Waals surface area contributed by atoms with Gasteiger partial charge >= 0.3 is 12.2 Å². The van der Waals surface area contributed by atoms with E-state index in [9.17, 15) is 27.6 Å². The van der Waals surface area contributed by atoms with Crippen LogP contribution in [-0.2, 0) is 11.3 Å². The van der Waals surface area contributed by atoms with Gasteiger partial charge in [-0.3, -0.25) is 19.8 Å². The number of nitrogens with one attached hydrogen (secondary N) is 2. The maximum atomic E-state index is 13.7. The Balaban J connectivity index is 1.91. The van der Waals surface area contributed by atoms with E-state index < -0.39 is 36.2 Å². The molecule has 0 saturated carbocycles. The number of hydrogen-bond acceptors (Lipinski definition) is 4. The van der Waals surface area contributed by atoms with Gasteiger partial charge in [-0.15, -0.1) is 0 Å². The fourth-order valence-corrected chi connectivity index (χ4v) is 2.60. The summed E-state index contributed by atoms with van der Waals surface area (Å²) in [6.45, 7) is -0.522. The minimum absolute atomic E-state index is 0.0977. The second-order valence-corrected chi connectivity index (χ2v) is 6.05. The van der Waals surface area contributed by atoms with Crippen LogP contribution in [-0.4, -0.2) is 34.6 Å². The quantitative estimate of drug-likeness (QED) is 0.770. The Hall–Kier alpha value is -3.01. The molecule has 0 aliphatic carbocycles. The largest absolute Gasteiger partial charge is 0.467 e. The molecule has 0 bridgehead atoms. The van der Waals surface area contributed by atoms with Crippen molar-refractivity contribution in [2.24, 2.45) is 0 Å². The average molecular weight is 402 g/mol. The maximum absolute atomic E-state index is 13.7. The minimum Gasteiger partial charge on any atom is -0.467 e. The number of hydrogen-bond donors (Lipinski definition) is 2. The molecule has 2 aromatic rings. The molecule has 1 aliphatic rings. The number of carbonyl (C=O) groups excluding carboxylic acids is 3. The van der Waals surface area contributed by atoms with Crippen LogP contribution in [0.5, 0.6) is 0 Å². The summed E-state index contributed by atoms with van der Waals surface area (Å²) in [7, 11) is 0. The van der Waals surface area contributed by atoms with Gasteiger partial charge in [-0.05, 0) is 36.4 Å². The normalized spacial score (nSPS) is 19.9. The number of carbonyl (C=O) groups is 3. The zero-order valence-corrected chi connectivity index (χ0v) is 14.1. The standard InChI is InChI=1S/C16H11ClF3N3O4/c17-10-5-3-9(4-6-10)12(24)21-15(16(18,19)20)13(25)23(14(26)22-15)8-11-2-1-7-27-11/h1-7H,8H2,(H,21,24)(H,22,26)/t15-/m0/s1. The number of amides is 4. The van der Waals surface area contributed by atoms with Crippen molar-refractivity contribution >= 4 is 29.4 Å². The van der Waals surface area contributed by atoms with E-state index in [0.717, 1.165) is 0 Å². The highest BCUT2D eigenvalue weighted by molar-refractivity contribution is 6.30. The van der Waals surface area contributed by atoms with Gasteiger partial charge < -0.3 is 9.73 Å². The molecule has 4 amide bonds. The molecule has 0 unspecified atom stereocenters. The lowest BCUT2D eigenvalue weighted by molar-refractivity contribution is -0.200. The predicted octanol–water partition coefficient (Wildman–Crippen LogP) is 2.67. The molecule has 1 aromatic carbocycles. The third-order valence-corrected chi connectivity index (χ3v) is 4.08. The molecule has 7 nitrogen and oxygen atoms in total. The smallest absolute Gasteiger partial charge is 0.440 e. The molecule has 1 atom stereocenters. The molecule has 2 heterocycles. The van der Waals surface area contributed by atoms with Crippen LogP contribution < -0.4 is 10.6 Å². The summed E-state index contributed by atoms with van der Waals surface area (Å²) in [5.41, 5.74) is -3.76. The molecular formula is C16H11ClF3N3O4. The first-order valence-electron chi connectivity index (χ1n) is 7.45. The Bertz CT molecular complexity index is 883. The van der Waals surface area contributed by atoms with Gasteiger partial charge in [0.15, 0.2) is 0 Å². The Morgan fingerprint density at radius 2 is 1.89 bits per heavy atom. The number of furan rings is 1. The summed E-state index contributed by atoms with van der Waals surface area (Å²) < 4.78 is 46.1. The molecule has 1 aliphatic heterocycles. The van der Waals surface area contributed by atoms with E-state index in [1.807, 2.05) is 0 Å². The summed E-state index contributed by atoms with van der Waals surface area (Å²) >= 11 is 5.68. The van der Waals surface area contributed by atoms with E-state index >= 15 is 0 Å². The van der Waals surface area contributed by atoms with E-state index in [-0.39, 0.29) is 16.3 Å². The van der Waals surface area contributed by atoms with Gasteiger partial charge in [-0.25, -0.2) is 4.79 Å². The number of imide groups is 1. The number of urea groups is 1. The van der Waals surface area contributed by atoms with Gasteiger partial charge in [0.1, 0.15) is 5.76 Å². The van der Waals surface area contributed by atoms with Crippen LogP contribution in [0.1, 0.15) is 16.1 Å². The Labute approximate surface area is 155 Å². The van der Waals surface area contributed by atoms with E-state index in [0.29, 0.717) is 4.90 Å². The summed E-state index contributed by atoms with van der Waals surface area (Å²) in [5.74, 6) is -2.78. The average Bonchev–Trinajstić information content (AvgIpc) is 3.18. The van der Waals surface area contributed by atoms with Crippen molar-refractivity contribution in [2.45, 2.75) is 18.4 Å². The minimum atomic E-state index is -5.29. The molecule has 2 N–H and O–H groups in total. The Kier molecular flexibility index (Phi) is 4.60. The van der Waals surface area contributed by atoms with Crippen molar-refractivity contribution in [1.29, 1.82) is 0 Å². The first-order valence-corrected chi connectivity index (χ1v) is 7.83. The van der Waals surface area contributed by atoms with Crippen LogP contribution in [0, 0.1) is 0 Å². The van der Waals surface area contributed by atoms with Crippen LogP contribution in [0.15, 0.2) is 47.1 Å². The van der Waals surface area contributed by atoms with Crippen molar-refractivity contribution in [2.75, 3.05) is 0 Å². The van der Waals surface area contributed by atoms with Crippen molar-refractivity contribution < 1.29 is 32.0 Å². The first-order chi connectivity index (χ1) is 12.6. The third-order valence-electron chi connectivity index (χ3n) is 3.83. The van der Waals surface area contributed by atoms with E-state index in [4.69, 9.17) is 16.0 Å². The third kappa shape index (κ3) is 3.35. The van der Waals surface area contributed by atoms with Crippen molar-refractivity contribution in [3.05, 3.63) is 59.0 Å². The van der Waals surface area contributed by atoms with Crippen LogP contribution >= 0.6 is 11.6 Å². The fourth-order valence-electron chi connectivity index (χ4n) is 2.47. The number of alkyl halides is 3. The molecule has 1 aromatic heterocycles. The molecule has 0 spiro atoms. The second kappa shape index (κ2) is 6.62. The fraction of sp³-hybridized carbons (Fsp3) is 0.188. The maximum Gasteiger partial charge on any atom is 0.440 e. The van der Waals surface area contributed by atoms with E-state index in [2.05, 4.69) is 0 Å². The predicted molar refractivity (Wildman–Crippen MR) is 85.5 cm³/mol. The molecule has 3 rings (SSSR count). The number of benzene rings is 1. The van der Waals surface area contributed by atoms with Crippen molar-refractivity contribution in [3.8, 4) is 0 Å². The Morgan fingerprint density at radius 3 is 2.44 bits per heavy atom. The lowest BCUT2D eigenvalue weighted by Crippen LogP contribution is -2.69. The highest BCUT2D eigenvalue weighted by atomic mass is 35.5. The Morgan fingerprint density at radius 1 is 1.22 bits per heavy atom. The van der Waals surface area contributed by atoms with Gasteiger partial charge in [0.2, 0.25) is 0 Å². The number of nitrogens with zero attached hydrogens (tertiary/aromatic N) is 1. The van der Waals surface area contributed by atoms with Gasteiger partial charge in [0.05, 0.1) is 12.8 Å². The summed E-state index contributed by atoms with van der Waals surface area (Å²) in [5, 5.41) is 3.41. The monoisotopic (exact) mass is 401 g/mol. The highest BCUT2D eigenvalue weighted by Crippen LogP contribution is 2.34. The lowest BCUT2D eigenvalue weighted by Gasteiger charge is -2.29. The van der Waals surface area contributed by atoms with Crippen molar-refractivity contribution in [3.63, 3.8) is 0 Å². The van der Waals surface area contributed by atoms with Gasteiger partial charge in [-0.2, -0.15) is 13.2 Å². The molecule has 27 heavy (non-hydrogen) atoms. The van der Waals surface area contributed by atoms with Crippen molar-refractivity contribution in [1.82, 2.24) is 15.5 Å². The van der Waals surface area contributed by atoms with Gasteiger partial charge in [-0.1, -0.05) is 11.6 Å². The van der Waals surface area contributed by atoms with E-state index in [1.54, 1.807) is 10.6 Å². The summed E-state index contributed by atoms with van der Waals surface area (Å²) in [6.07, 6.45) is -4.05. The van der Waals surface area contributed by atoms with Gasteiger partial charge in [0.25, 0.3) is 17.5 Å². The summed E-state index contributed by atoms with van der Waals surface area (Å²) in [4.78, 5) is 37.1. The zero-order valence-electron chi connectivity index (χ0n) is 13.3. The molecular weight excluding hydrogens is 391 g/mol. The molecule has 1 fully saturated rings. The van der Waals surface area contributed by atoms with Gasteiger partial charge in [0, 0.05) is 10.6 Å². The summed E-state index contributed by atoms with van der Waals surface area (Å²) in [6, 6.07) is 6.50. The van der Waals surface area contributed by atoms with Crippen LogP contribution in [0.3, 0.4) is 0 Å². The van der Waals surface area contributed by atoms with E-state index in [1.165, 1.54) is 42.7 Å². The molecule has 11 heteroatoms. The van der Waals surface area contributed by atoms with Crippen LogP contribution in [0.2, 0.25) is 5.02 Å². The molecule has 1 saturated heterocycles. The number of rotatable bonds is 4.